The van der Waals surface area contributed by atoms with E-state index in [0.717, 1.165) is 5.56 Å². The van der Waals surface area contributed by atoms with Crippen LogP contribution >= 0.6 is 11.8 Å². The topological polar surface area (TPSA) is 17.1 Å². The summed E-state index contributed by atoms with van der Waals surface area (Å²) in [6, 6.07) is 8.29. The van der Waals surface area contributed by atoms with E-state index in [0.29, 0.717) is 5.75 Å². The van der Waals surface area contributed by atoms with E-state index in [4.69, 9.17) is 0 Å². The molecule has 1 aromatic carbocycles. The van der Waals surface area contributed by atoms with Gasteiger partial charge in [0.05, 0.1) is 5.75 Å². The minimum atomic E-state index is 0.113. The molecule has 0 saturated carbocycles. The lowest BCUT2D eigenvalue weighted by Gasteiger charge is -2.18. The Bertz CT molecular complexity index is 441. The largest absolute Gasteiger partial charge is 0.288 e. The van der Waals surface area contributed by atoms with Crippen molar-refractivity contribution in [2.75, 3.05) is 5.75 Å². The van der Waals surface area contributed by atoms with Crippen molar-refractivity contribution < 1.29 is 4.79 Å². The summed E-state index contributed by atoms with van der Waals surface area (Å²) >= 11 is 1.25. The van der Waals surface area contributed by atoms with Crippen LogP contribution in [-0.2, 0) is 10.2 Å². The molecule has 0 spiro atoms. The summed E-state index contributed by atoms with van der Waals surface area (Å²) in [5.41, 5.74) is 2.49. The lowest BCUT2D eigenvalue weighted by atomic mass is 9.87. The molecule has 1 aromatic rings. The number of hydrogen-bond acceptors (Lipinski definition) is 2. The predicted molar refractivity (Wildman–Crippen MR) is 75.2 cm³/mol. The number of rotatable bonds is 1. The van der Waals surface area contributed by atoms with Crippen molar-refractivity contribution in [1.82, 2.24) is 0 Å². The molecule has 0 radical (unpaired) electrons. The fraction of sp³-hybridized carbons (Fsp3) is 0.400. The maximum atomic E-state index is 10.7. The smallest absolute Gasteiger partial charge is 0.186 e. The van der Waals surface area contributed by atoms with Crippen molar-refractivity contribution in [3.8, 4) is 11.8 Å². The zero-order valence-corrected chi connectivity index (χ0v) is 11.6. The summed E-state index contributed by atoms with van der Waals surface area (Å²) < 4.78 is 0. The van der Waals surface area contributed by atoms with Gasteiger partial charge in [-0.05, 0) is 23.1 Å². The number of hydrogen-bond donors (Lipinski definition) is 0. The Morgan fingerprint density at radius 2 is 1.82 bits per heavy atom. The number of benzene rings is 1. The van der Waals surface area contributed by atoms with Gasteiger partial charge in [-0.1, -0.05) is 56.5 Å². The lowest BCUT2D eigenvalue weighted by Crippen LogP contribution is -2.10. The Morgan fingerprint density at radius 1 is 1.24 bits per heavy atom. The molecule has 0 heterocycles. The average molecular weight is 246 g/mol. The lowest BCUT2D eigenvalue weighted by molar-refractivity contribution is -0.109. The maximum Gasteiger partial charge on any atom is 0.186 e. The highest BCUT2D eigenvalue weighted by atomic mass is 32.2. The molecule has 0 bridgehead atoms. The highest BCUT2D eigenvalue weighted by Crippen LogP contribution is 2.21. The normalized spacial score (nSPS) is 10.6. The second kappa shape index (κ2) is 5.93. The van der Waals surface area contributed by atoms with Crippen molar-refractivity contribution in [1.29, 1.82) is 0 Å². The SMILES string of the molecule is CC(=O)SCC#Cc1ccc(C(C)(C)C)cc1. The van der Waals surface area contributed by atoms with E-state index >= 15 is 0 Å². The Hall–Kier alpha value is -1.20. The van der Waals surface area contributed by atoms with Crippen LogP contribution in [0.2, 0.25) is 0 Å². The third kappa shape index (κ3) is 5.10. The van der Waals surface area contributed by atoms with E-state index in [2.05, 4.69) is 44.7 Å². The molecule has 90 valence electrons. The fourth-order valence-corrected chi connectivity index (χ4v) is 1.68. The Kier molecular flexibility index (Phi) is 4.84. The summed E-state index contributed by atoms with van der Waals surface area (Å²) in [6.07, 6.45) is 0. The number of carbonyl (C=O) groups is 1. The van der Waals surface area contributed by atoms with E-state index < -0.39 is 0 Å². The second-order valence-corrected chi connectivity index (χ2v) is 6.06. The Balaban J connectivity index is 2.66. The summed E-state index contributed by atoms with van der Waals surface area (Å²) in [4.78, 5) is 10.7. The molecule has 0 unspecified atom stereocenters. The van der Waals surface area contributed by atoms with Crippen LogP contribution in [-0.4, -0.2) is 10.9 Å². The van der Waals surface area contributed by atoms with Crippen LogP contribution in [0, 0.1) is 11.8 Å². The first-order valence-electron chi connectivity index (χ1n) is 5.62. The third-order valence-corrected chi connectivity index (χ3v) is 3.03. The van der Waals surface area contributed by atoms with Gasteiger partial charge in [0.2, 0.25) is 0 Å². The highest BCUT2D eigenvalue weighted by molar-refractivity contribution is 8.13. The van der Waals surface area contributed by atoms with Gasteiger partial charge in [0.25, 0.3) is 0 Å². The summed E-state index contributed by atoms with van der Waals surface area (Å²) in [7, 11) is 0. The first-order valence-corrected chi connectivity index (χ1v) is 6.61. The quantitative estimate of drug-likeness (QED) is 0.704. The van der Waals surface area contributed by atoms with E-state index in [1.54, 1.807) is 6.92 Å². The van der Waals surface area contributed by atoms with Crippen LogP contribution < -0.4 is 0 Å². The standard InChI is InChI=1S/C15H18OS/c1-12(16)17-11-5-6-13-7-9-14(10-8-13)15(2,3)4/h7-10H,11H2,1-4H3. The van der Waals surface area contributed by atoms with Gasteiger partial charge in [-0.2, -0.15) is 0 Å². The van der Waals surface area contributed by atoms with E-state index in [-0.39, 0.29) is 10.5 Å². The summed E-state index contributed by atoms with van der Waals surface area (Å²) in [6.45, 7) is 8.13. The molecule has 0 saturated heterocycles. The summed E-state index contributed by atoms with van der Waals surface area (Å²) in [5.74, 6) is 6.60. The van der Waals surface area contributed by atoms with Gasteiger partial charge >= 0.3 is 0 Å². The van der Waals surface area contributed by atoms with Gasteiger partial charge in [-0.25, -0.2) is 0 Å². The molecule has 2 heteroatoms. The van der Waals surface area contributed by atoms with Gasteiger partial charge < -0.3 is 0 Å². The molecular weight excluding hydrogens is 228 g/mol. The molecule has 0 aromatic heterocycles. The molecule has 0 atom stereocenters. The molecule has 17 heavy (non-hydrogen) atoms. The van der Waals surface area contributed by atoms with Crippen LogP contribution in [0.25, 0.3) is 0 Å². The van der Waals surface area contributed by atoms with Gasteiger partial charge in [0.15, 0.2) is 5.12 Å². The van der Waals surface area contributed by atoms with Crippen molar-refractivity contribution >= 4 is 16.9 Å². The molecule has 0 aliphatic rings. The van der Waals surface area contributed by atoms with Crippen molar-refractivity contribution in [3.05, 3.63) is 35.4 Å². The molecule has 0 fully saturated rings. The monoisotopic (exact) mass is 246 g/mol. The van der Waals surface area contributed by atoms with Gasteiger partial charge in [0.1, 0.15) is 0 Å². The molecule has 0 N–H and O–H groups in total. The predicted octanol–water partition coefficient (Wildman–Crippen LogP) is 3.62. The zero-order valence-electron chi connectivity index (χ0n) is 10.8. The van der Waals surface area contributed by atoms with Crippen LogP contribution in [0.3, 0.4) is 0 Å². The van der Waals surface area contributed by atoms with E-state index in [1.807, 2.05) is 12.1 Å². The molecule has 0 aliphatic heterocycles. The van der Waals surface area contributed by atoms with Crippen molar-refractivity contribution in [2.24, 2.45) is 0 Å². The second-order valence-electron chi connectivity index (χ2n) is 4.91. The van der Waals surface area contributed by atoms with Crippen molar-refractivity contribution in [2.45, 2.75) is 33.1 Å². The number of thioether (sulfide) groups is 1. The van der Waals surface area contributed by atoms with Crippen LogP contribution in [0.5, 0.6) is 0 Å². The highest BCUT2D eigenvalue weighted by Gasteiger charge is 2.12. The molecule has 1 nitrogen and oxygen atoms in total. The van der Waals surface area contributed by atoms with Gasteiger partial charge in [0, 0.05) is 12.5 Å². The van der Waals surface area contributed by atoms with E-state index in [9.17, 15) is 4.79 Å². The van der Waals surface area contributed by atoms with Crippen LogP contribution in [0.15, 0.2) is 24.3 Å². The first kappa shape index (κ1) is 13.9. The minimum absolute atomic E-state index is 0.113. The van der Waals surface area contributed by atoms with Crippen LogP contribution in [0.1, 0.15) is 38.8 Å². The Labute approximate surface area is 108 Å². The first-order chi connectivity index (χ1) is 7.89. The fourth-order valence-electron chi connectivity index (χ4n) is 1.33. The van der Waals surface area contributed by atoms with Gasteiger partial charge in [-0.3, -0.25) is 4.79 Å². The van der Waals surface area contributed by atoms with E-state index in [1.165, 1.54) is 17.3 Å². The Morgan fingerprint density at radius 3 is 2.29 bits per heavy atom. The summed E-state index contributed by atoms with van der Waals surface area (Å²) in [5, 5.41) is 0.113. The van der Waals surface area contributed by atoms with Gasteiger partial charge in [-0.15, -0.1) is 0 Å². The third-order valence-electron chi connectivity index (χ3n) is 2.33. The minimum Gasteiger partial charge on any atom is -0.288 e. The average Bonchev–Trinajstić information content (AvgIpc) is 2.23. The van der Waals surface area contributed by atoms with Crippen molar-refractivity contribution in [3.63, 3.8) is 0 Å². The zero-order chi connectivity index (χ0) is 12.9. The molecular formula is C15H18OS. The number of carbonyl (C=O) groups excluding carboxylic acids is 1. The maximum absolute atomic E-state index is 10.7. The molecule has 0 aliphatic carbocycles. The molecule has 0 amide bonds. The molecule has 1 rings (SSSR count). The van der Waals surface area contributed by atoms with Crippen LogP contribution in [0.4, 0.5) is 0 Å².